The molecule has 3 nitrogen and oxygen atoms in total. The molecule has 1 fully saturated rings. The van der Waals surface area contributed by atoms with Gasteiger partial charge in [-0.05, 0) is 32.8 Å². The molecule has 0 radical (unpaired) electrons. The predicted molar refractivity (Wildman–Crippen MR) is 98.2 cm³/mol. The van der Waals surface area contributed by atoms with Crippen LogP contribution in [0.15, 0.2) is 18.2 Å². The first kappa shape index (κ1) is 19.3. The highest BCUT2D eigenvalue weighted by Crippen LogP contribution is 2.12. The zero-order chi connectivity index (χ0) is 15.2. The summed E-state index contributed by atoms with van der Waals surface area (Å²) in [4.78, 5) is 12.1. The van der Waals surface area contributed by atoms with Crippen molar-refractivity contribution in [2.24, 2.45) is 0 Å². The lowest BCUT2D eigenvalue weighted by Crippen LogP contribution is -2.43. The summed E-state index contributed by atoms with van der Waals surface area (Å²) in [6, 6.07) is 7.09. The SMILES string of the molecule is Cc1cc(C)cc(CC(C)NC(=O)CC2CSCCN2)c1.Cl. The number of hydrogen-bond acceptors (Lipinski definition) is 3. The fourth-order valence-electron chi connectivity index (χ4n) is 2.90. The van der Waals surface area contributed by atoms with Gasteiger partial charge in [-0.3, -0.25) is 4.79 Å². The first-order chi connectivity index (χ1) is 10.0. The summed E-state index contributed by atoms with van der Waals surface area (Å²) >= 11 is 1.93. The van der Waals surface area contributed by atoms with Crippen molar-refractivity contribution in [3.8, 4) is 0 Å². The van der Waals surface area contributed by atoms with Crippen molar-refractivity contribution < 1.29 is 4.79 Å². The van der Waals surface area contributed by atoms with E-state index in [1.165, 1.54) is 16.7 Å². The van der Waals surface area contributed by atoms with E-state index in [4.69, 9.17) is 0 Å². The van der Waals surface area contributed by atoms with E-state index in [1.54, 1.807) is 0 Å². The molecular formula is C17H27ClN2OS. The molecule has 1 aliphatic rings. The Morgan fingerprint density at radius 2 is 2.05 bits per heavy atom. The fraction of sp³-hybridized carbons (Fsp3) is 0.588. The number of rotatable bonds is 5. The Labute approximate surface area is 144 Å². The van der Waals surface area contributed by atoms with Crippen LogP contribution in [0.4, 0.5) is 0 Å². The van der Waals surface area contributed by atoms with Crippen LogP contribution in [0.1, 0.15) is 30.0 Å². The van der Waals surface area contributed by atoms with Crippen LogP contribution in [0.2, 0.25) is 0 Å². The molecule has 0 bridgehead atoms. The third-order valence-electron chi connectivity index (χ3n) is 3.66. The Morgan fingerprint density at radius 3 is 2.64 bits per heavy atom. The third kappa shape index (κ3) is 6.59. The minimum absolute atomic E-state index is 0. The molecule has 1 heterocycles. The number of amides is 1. The van der Waals surface area contributed by atoms with Crippen LogP contribution in [0.25, 0.3) is 0 Å². The number of benzene rings is 1. The summed E-state index contributed by atoms with van der Waals surface area (Å²) in [6.07, 6.45) is 1.48. The van der Waals surface area contributed by atoms with Gasteiger partial charge in [-0.25, -0.2) is 0 Å². The zero-order valence-corrected chi connectivity index (χ0v) is 15.3. The van der Waals surface area contributed by atoms with Crippen molar-refractivity contribution in [3.63, 3.8) is 0 Å². The Hall–Kier alpha value is -0.710. The van der Waals surface area contributed by atoms with Crippen LogP contribution < -0.4 is 10.6 Å². The van der Waals surface area contributed by atoms with E-state index in [2.05, 4.69) is 49.6 Å². The van der Waals surface area contributed by atoms with E-state index in [1.807, 2.05) is 11.8 Å². The zero-order valence-electron chi connectivity index (χ0n) is 13.6. The number of hydrogen-bond donors (Lipinski definition) is 2. The van der Waals surface area contributed by atoms with Gasteiger partial charge < -0.3 is 10.6 Å². The maximum atomic E-state index is 12.1. The second-order valence-corrected chi connectivity index (χ2v) is 7.25. The van der Waals surface area contributed by atoms with Crippen molar-refractivity contribution in [2.45, 2.75) is 45.7 Å². The standard InChI is InChI=1S/C17H26N2OS.ClH/c1-12-6-13(2)8-15(7-12)9-14(3)19-17(20)10-16-11-21-5-4-18-16;/h6-8,14,16,18H,4-5,9-11H2,1-3H3,(H,19,20);1H. The molecule has 2 atom stereocenters. The summed E-state index contributed by atoms with van der Waals surface area (Å²) in [5, 5.41) is 6.53. The van der Waals surface area contributed by atoms with Gasteiger partial charge in [-0.2, -0.15) is 11.8 Å². The van der Waals surface area contributed by atoms with Crippen LogP contribution in [-0.2, 0) is 11.2 Å². The molecule has 2 rings (SSSR count). The van der Waals surface area contributed by atoms with Gasteiger partial charge in [0.15, 0.2) is 0 Å². The molecule has 0 spiro atoms. The molecule has 0 saturated carbocycles. The van der Waals surface area contributed by atoms with Crippen molar-refractivity contribution in [1.82, 2.24) is 10.6 Å². The average Bonchev–Trinajstić information content (AvgIpc) is 2.37. The summed E-state index contributed by atoms with van der Waals surface area (Å²) < 4.78 is 0. The van der Waals surface area contributed by atoms with Crippen LogP contribution in [0.3, 0.4) is 0 Å². The second kappa shape index (κ2) is 9.43. The number of thioether (sulfide) groups is 1. The van der Waals surface area contributed by atoms with Crippen molar-refractivity contribution in [3.05, 3.63) is 34.9 Å². The van der Waals surface area contributed by atoms with Crippen LogP contribution >= 0.6 is 24.2 Å². The van der Waals surface area contributed by atoms with Crippen molar-refractivity contribution in [1.29, 1.82) is 0 Å². The molecule has 2 N–H and O–H groups in total. The van der Waals surface area contributed by atoms with E-state index in [-0.39, 0.29) is 24.4 Å². The number of halogens is 1. The predicted octanol–water partition coefficient (Wildman–Crippen LogP) is 2.87. The van der Waals surface area contributed by atoms with E-state index >= 15 is 0 Å². The van der Waals surface area contributed by atoms with Gasteiger partial charge in [0.1, 0.15) is 0 Å². The smallest absolute Gasteiger partial charge is 0.221 e. The van der Waals surface area contributed by atoms with Crippen LogP contribution in [0.5, 0.6) is 0 Å². The number of carbonyl (C=O) groups excluding carboxylic acids is 1. The molecule has 5 heteroatoms. The number of aryl methyl sites for hydroxylation is 2. The molecule has 1 aromatic carbocycles. The van der Waals surface area contributed by atoms with Gasteiger partial charge >= 0.3 is 0 Å². The van der Waals surface area contributed by atoms with Gasteiger partial charge in [0.2, 0.25) is 5.91 Å². The minimum atomic E-state index is 0. The number of carbonyl (C=O) groups is 1. The Bertz CT molecular complexity index is 469. The molecule has 0 aromatic heterocycles. The molecule has 124 valence electrons. The normalized spacial score (nSPS) is 19.1. The van der Waals surface area contributed by atoms with Gasteiger partial charge in [0, 0.05) is 36.6 Å². The highest BCUT2D eigenvalue weighted by Gasteiger charge is 2.17. The van der Waals surface area contributed by atoms with Crippen LogP contribution in [0, 0.1) is 13.8 Å². The van der Waals surface area contributed by atoms with E-state index in [9.17, 15) is 4.79 Å². The first-order valence-corrected chi connectivity index (χ1v) is 8.86. The minimum Gasteiger partial charge on any atom is -0.353 e. The molecule has 1 aliphatic heterocycles. The topological polar surface area (TPSA) is 41.1 Å². The number of nitrogens with one attached hydrogen (secondary N) is 2. The summed E-state index contributed by atoms with van der Waals surface area (Å²) in [5.41, 5.74) is 3.87. The maximum Gasteiger partial charge on any atom is 0.221 e. The highest BCUT2D eigenvalue weighted by molar-refractivity contribution is 7.99. The molecule has 22 heavy (non-hydrogen) atoms. The van der Waals surface area contributed by atoms with E-state index in [0.717, 1.165) is 24.5 Å². The summed E-state index contributed by atoms with van der Waals surface area (Å²) in [6.45, 7) is 7.33. The van der Waals surface area contributed by atoms with Crippen LogP contribution in [-0.4, -0.2) is 36.0 Å². The lowest BCUT2D eigenvalue weighted by molar-refractivity contribution is -0.122. The van der Waals surface area contributed by atoms with Gasteiger partial charge in [0.05, 0.1) is 0 Å². The Morgan fingerprint density at radius 1 is 1.36 bits per heavy atom. The fourth-order valence-corrected chi connectivity index (χ4v) is 3.85. The van der Waals surface area contributed by atoms with E-state index in [0.29, 0.717) is 12.5 Å². The monoisotopic (exact) mass is 342 g/mol. The van der Waals surface area contributed by atoms with Crippen molar-refractivity contribution in [2.75, 3.05) is 18.1 Å². The summed E-state index contributed by atoms with van der Waals surface area (Å²) in [7, 11) is 0. The molecular weight excluding hydrogens is 316 g/mol. The third-order valence-corrected chi connectivity index (χ3v) is 4.79. The highest BCUT2D eigenvalue weighted by atomic mass is 35.5. The Balaban J connectivity index is 0.00000242. The quantitative estimate of drug-likeness (QED) is 0.864. The molecule has 1 saturated heterocycles. The van der Waals surface area contributed by atoms with Gasteiger partial charge in [-0.15, -0.1) is 12.4 Å². The second-order valence-electron chi connectivity index (χ2n) is 6.10. The molecule has 2 unspecified atom stereocenters. The Kier molecular flexibility index (Phi) is 8.29. The molecule has 1 aromatic rings. The lowest BCUT2D eigenvalue weighted by Gasteiger charge is -2.23. The maximum absolute atomic E-state index is 12.1. The van der Waals surface area contributed by atoms with Gasteiger partial charge in [-0.1, -0.05) is 29.3 Å². The molecule has 1 amide bonds. The lowest BCUT2D eigenvalue weighted by atomic mass is 10.0. The first-order valence-electron chi connectivity index (χ1n) is 7.70. The van der Waals surface area contributed by atoms with Crippen molar-refractivity contribution >= 4 is 30.1 Å². The summed E-state index contributed by atoms with van der Waals surface area (Å²) in [5.74, 6) is 2.35. The largest absolute Gasteiger partial charge is 0.353 e. The van der Waals surface area contributed by atoms with E-state index < -0.39 is 0 Å². The van der Waals surface area contributed by atoms with Gasteiger partial charge in [0.25, 0.3) is 0 Å². The molecule has 0 aliphatic carbocycles. The average molecular weight is 343 g/mol.